The molecule has 0 spiro atoms. The molecule has 1 N–H and O–H groups in total. The van der Waals surface area contributed by atoms with Crippen molar-refractivity contribution in [2.75, 3.05) is 45.8 Å². The van der Waals surface area contributed by atoms with Crippen LogP contribution in [-0.4, -0.2) is 94.0 Å². The Kier molecular flexibility index (Phi) is 13.1. The number of halogens is 4. The topological polar surface area (TPSA) is 90.6 Å². The minimum absolute atomic E-state index is 0.00311. The molecule has 0 radical (unpaired) electrons. The normalized spacial score (nSPS) is 19.4. The smallest absolute Gasteiger partial charge is 0.441 e. The number of hydrogen-bond donors (Lipinski definition) is 1. The van der Waals surface area contributed by atoms with E-state index in [0.717, 1.165) is 43.3 Å². The van der Waals surface area contributed by atoms with Gasteiger partial charge in [-0.3, -0.25) is 14.4 Å². The zero-order valence-electron chi connectivity index (χ0n) is 28.2. The van der Waals surface area contributed by atoms with Crippen LogP contribution in [0.15, 0.2) is 81.4 Å². The van der Waals surface area contributed by atoms with Crippen LogP contribution in [0.2, 0.25) is 0 Å². The third kappa shape index (κ3) is 9.31. The molecule has 9 nitrogen and oxygen atoms in total. The van der Waals surface area contributed by atoms with Gasteiger partial charge in [0.1, 0.15) is 23.3 Å². The molecule has 2 aliphatic heterocycles. The first-order valence-electron chi connectivity index (χ1n) is 16.5. The zero-order chi connectivity index (χ0) is 35.7. The van der Waals surface area contributed by atoms with Crippen LogP contribution in [0, 0.1) is 0 Å². The molecule has 4 aliphatic rings. The fourth-order valence-corrected chi connectivity index (χ4v) is 6.09. The molecule has 2 aliphatic carbocycles. The molecule has 5 rings (SSSR count). The zero-order valence-corrected chi connectivity index (χ0v) is 29.0. The number of fused-ring (bicyclic) bond motifs is 1. The summed E-state index contributed by atoms with van der Waals surface area (Å²) in [6.45, 7) is 11.9. The van der Waals surface area contributed by atoms with Crippen molar-refractivity contribution in [2.45, 2.75) is 52.2 Å². The number of piperazine rings is 1. The van der Waals surface area contributed by atoms with E-state index in [4.69, 9.17) is 16.3 Å². The Morgan fingerprint density at radius 2 is 1.82 bits per heavy atom. The van der Waals surface area contributed by atoms with Crippen LogP contribution in [0.25, 0.3) is 17.8 Å². The van der Waals surface area contributed by atoms with E-state index in [0.29, 0.717) is 31.6 Å². The van der Waals surface area contributed by atoms with Crippen LogP contribution >= 0.6 is 11.6 Å². The minimum Gasteiger partial charge on any atom is -0.477 e. The first kappa shape index (κ1) is 37.7. The fraction of sp³-hybridized carbons (Fsp3) is 0.417. The van der Waals surface area contributed by atoms with Gasteiger partial charge in [0.05, 0.1) is 11.0 Å². The average Bonchev–Trinajstić information content (AvgIpc) is 3.54. The predicted molar refractivity (Wildman–Crippen MR) is 188 cm³/mol. The highest BCUT2D eigenvalue weighted by Crippen LogP contribution is 2.31. The number of carboxylic acid groups (broad SMARTS) is 1. The lowest BCUT2D eigenvalue weighted by atomic mass is 10.1. The molecule has 0 saturated carbocycles. The summed E-state index contributed by atoms with van der Waals surface area (Å²) in [5.41, 5.74) is -4.43. The van der Waals surface area contributed by atoms with Gasteiger partial charge in [-0.1, -0.05) is 51.5 Å². The lowest BCUT2D eigenvalue weighted by Gasteiger charge is -2.39. The van der Waals surface area contributed by atoms with Crippen molar-refractivity contribution in [3.05, 3.63) is 98.0 Å². The third-order valence-corrected chi connectivity index (χ3v) is 8.53. The maximum Gasteiger partial charge on any atom is 0.441 e. The number of carboxylic acids is 1. The van der Waals surface area contributed by atoms with E-state index in [9.17, 15) is 23.5 Å². The van der Waals surface area contributed by atoms with Gasteiger partial charge in [-0.05, 0) is 74.0 Å². The van der Waals surface area contributed by atoms with Crippen LogP contribution in [0.4, 0.5) is 13.2 Å². The van der Waals surface area contributed by atoms with Crippen molar-refractivity contribution in [3.63, 3.8) is 0 Å². The summed E-state index contributed by atoms with van der Waals surface area (Å²) in [6, 6.07) is 0. The quantitative estimate of drug-likeness (QED) is 0.341. The molecule has 264 valence electrons. The molecular weight excluding hydrogens is 659 g/mol. The predicted octanol–water partition coefficient (Wildman–Crippen LogP) is 5.06. The van der Waals surface area contributed by atoms with Crippen LogP contribution in [0.3, 0.4) is 0 Å². The molecule has 0 aromatic carbocycles. The lowest BCUT2D eigenvalue weighted by Crippen LogP contribution is -2.49. The summed E-state index contributed by atoms with van der Waals surface area (Å²) >= 11 is 5.26. The number of aromatic nitrogens is 1. The summed E-state index contributed by atoms with van der Waals surface area (Å²) in [4.78, 5) is 35.9. The Bertz CT molecular complexity index is 1790. The van der Waals surface area contributed by atoms with Gasteiger partial charge < -0.3 is 19.5 Å². The highest BCUT2D eigenvalue weighted by atomic mass is 35.5. The number of carbonyl (C=O) groups is 1. The van der Waals surface area contributed by atoms with Gasteiger partial charge in [-0.2, -0.15) is 8.78 Å². The Hall–Kier alpha value is -4.13. The summed E-state index contributed by atoms with van der Waals surface area (Å²) < 4.78 is 51.3. The number of aromatic carboxylic acids is 1. The summed E-state index contributed by atoms with van der Waals surface area (Å²) in [5.74, 6) is -1.76. The van der Waals surface area contributed by atoms with Gasteiger partial charge in [0.15, 0.2) is 0 Å². The number of rotatable bonds is 10. The standard InChI is InChI=1S/C34H37ClF3N5O4.C2H6/c1-3-40(4-2)21-23-9-8-10-24(13-12-23)43-22-26(33(45)46)32(44)25-19-27(36)31(29(20-28(25)43)47-34(35,37)38)42-17-15-41(16-18-42)30-11-6-5-7-14-39-30;1-2/h5,7-8,10-14,19-20,22,29H,3-4,6,9,15-18,21H2,1-2H3,(H,45,46);1-2H3. The van der Waals surface area contributed by atoms with Gasteiger partial charge in [0.25, 0.3) is 0 Å². The summed E-state index contributed by atoms with van der Waals surface area (Å²) in [6.07, 6.45) is 17.6. The van der Waals surface area contributed by atoms with E-state index >= 15 is 4.39 Å². The molecule has 1 saturated heterocycles. The van der Waals surface area contributed by atoms with E-state index in [1.165, 1.54) is 10.6 Å². The molecule has 1 atom stereocenters. The van der Waals surface area contributed by atoms with Crippen molar-refractivity contribution in [3.8, 4) is 0 Å². The number of likely N-dealkylation sites (N-methyl/N-ethyl adjacent to an activating group) is 1. The van der Waals surface area contributed by atoms with Crippen molar-refractivity contribution in [1.29, 1.82) is 0 Å². The number of hydrogen-bond acceptors (Lipinski definition) is 7. The Balaban J connectivity index is 0.00000265. The average molecular weight is 702 g/mol. The van der Waals surface area contributed by atoms with Crippen LogP contribution < -0.4 is 16.0 Å². The summed E-state index contributed by atoms with van der Waals surface area (Å²) in [7, 11) is 0. The van der Waals surface area contributed by atoms with Crippen molar-refractivity contribution in [2.24, 2.45) is 4.99 Å². The van der Waals surface area contributed by atoms with Gasteiger partial charge in [-0.25, -0.2) is 14.2 Å². The van der Waals surface area contributed by atoms with Gasteiger partial charge >= 0.3 is 11.5 Å². The van der Waals surface area contributed by atoms with Crippen LogP contribution in [0.1, 0.15) is 50.9 Å². The Morgan fingerprint density at radius 3 is 2.47 bits per heavy atom. The molecule has 3 heterocycles. The highest BCUT2D eigenvalue weighted by molar-refractivity contribution is 6.20. The number of aliphatic imine (C=N–C) groups is 1. The SMILES string of the molecule is CC.CCN(CC)CC1=CC=C(n2cc(C(=O)O)c(=O)c3c2=CC(OC(F)(F)Cl)C(N2CCN(C4=CCC=CC=N4)CC2)=C(F)C=3)C=CC1. The van der Waals surface area contributed by atoms with E-state index in [1.807, 2.05) is 49.1 Å². The highest BCUT2D eigenvalue weighted by Gasteiger charge is 2.37. The number of ether oxygens (including phenoxy) is 1. The number of alkyl halides is 3. The molecule has 49 heavy (non-hydrogen) atoms. The molecule has 1 unspecified atom stereocenters. The lowest BCUT2D eigenvalue weighted by molar-refractivity contribution is -0.181. The van der Waals surface area contributed by atoms with E-state index in [-0.39, 0.29) is 29.4 Å². The Morgan fingerprint density at radius 1 is 1.12 bits per heavy atom. The largest absolute Gasteiger partial charge is 0.477 e. The van der Waals surface area contributed by atoms with Crippen molar-refractivity contribution >= 4 is 41.6 Å². The van der Waals surface area contributed by atoms with E-state index in [1.54, 1.807) is 23.3 Å². The molecule has 1 fully saturated rings. The third-order valence-electron chi connectivity index (χ3n) is 8.44. The second kappa shape index (κ2) is 17.0. The molecule has 0 amide bonds. The molecule has 13 heteroatoms. The van der Waals surface area contributed by atoms with E-state index in [2.05, 4.69) is 23.7 Å². The van der Waals surface area contributed by atoms with Crippen molar-refractivity contribution in [1.82, 2.24) is 19.3 Å². The van der Waals surface area contributed by atoms with E-state index < -0.39 is 34.5 Å². The van der Waals surface area contributed by atoms with Crippen LogP contribution in [0.5, 0.6) is 0 Å². The molecule has 0 bridgehead atoms. The number of allylic oxidation sites excluding steroid dienone is 9. The molecule has 1 aromatic heterocycles. The molecule has 1 aromatic rings. The number of pyridine rings is 1. The number of nitrogens with zero attached hydrogens (tertiary/aromatic N) is 5. The second-order valence-electron chi connectivity index (χ2n) is 11.3. The van der Waals surface area contributed by atoms with Gasteiger partial charge in [0.2, 0.25) is 5.43 Å². The Labute approximate surface area is 289 Å². The maximum atomic E-state index is 16.3. The first-order valence-corrected chi connectivity index (χ1v) is 16.9. The summed E-state index contributed by atoms with van der Waals surface area (Å²) in [5, 5.41) is 9.61. The maximum absolute atomic E-state index is 16.3. The first-order chi connectivity index (χ1) is 23.5. The van der Waals surface area contributed by atoms with Crippen LogP contribution in [-0.2, 0) is 4.74 Å². The fourth-order valence-electron chi connectivity index (χ4n) is 5.99. The van der Waals surface area contributed by atoms with Gasteiger partial charge in [-0.15, -0.1) is 0 Å². The molecular formula is C36H43ClF3N5O4. The van der Waals surface area contributed by atoms with Gasteiger partial charge in [0, 0.05) is 56.1 Å². The van der Waals surface area contributed by atoms with Crippen molar-refractivity contribution < 1.29 is 27.8 Å². The monoisotopic (exact) mass is 701 g/mol. The minimum atomic E-state index is -4.18. The second-order valence-corrected chi connectivity index (χ2v) is 11.8.